The third-order valence-electron chi connectivity index (χ3n) is 6.01. The molecule has 0 N–H and O–H groups in total. The molecule has 0 aliphatic carbocycles. The van der Waals surface area contributed by atoms with Crippen LogP contribution in [0.1, 0.15) is 60.0 Å². The summed E-state index contributed by atoms with van der Waals surface area (Å²) < 4.78 is 0. The Labute approximate surface area is 161 Å². The lowest BCUT2D eigenvalue weighted by Gasteiger charge is -2.33. The molecule has 2 aliphatic rings. The third-order valence-corrected chi connectivity index (χ3v) is 6.01. The highest BCUT2D eigenvalue weighted by molar-refractivity contribution is 5.98. The first-order valence-corrected chi connectivity index (χ1v) is 10.1. The second-order valence-corrected chi connectivity index (χ2v) is 7.91. The first kappa shape index (κ1) is 19.6. The van der Waals surface area contributed by atoms with Gasteiger partial charge >= 0.3 is 0 Å². The largest absolute Gasteiger partial charge is 0.343 e. The van der Waals surface area contributed by atoms with Gasteiger partial charge in [-0.2, -0.15) is 0 Å². The number of likely N-dealkylation sites (tertiary alicyclic amines) is 2. The van der Waals surface area contributed by atoms with Crippen LogP contribution in [0.4, 0.5) is 0 Å². The van der Waals surface area contributed by atoms with Crippen molar-refractivity contribution in [2.75, 3.05) is 26.2 Å². The third kappa shape index (κ3) is 4.76. The first-order valence-electron chi connectivity index (χ1n) is 10.1. The minimum absolute atomic E-state index is 0.0190. The molecule has 1 aromatic carbocycles. The lowest BCUT2D eigenvalue weighted by Crippen LogP contribution is -2.43. The van der Waals surface area contributed by atoms with E-state index >= 15 is 0 Å². The molecule has 5 nitrogen and oxygen atoms in total. The molecule has 2 fully saturated rings. The van der Waals surface area contributed by atoms with Crippen molar-refractivity contribution in [1.29, 1.82) is 0 Å². The fourth-order valence-electron chi connectivity index (χ4n) is 4.01. The average Bonchev–Trinajstić information content (AvgIpc) is 3.22. The summed E-state index contributed by atoms with van der Waals surface area (Å²) in [4.78, 5) is 41.1. The van der Waals surface area contributed by atoms with Crippen molar-refractivity contribution in [1.82, 2.24) is 9.80 Å². The molecule has 0 saturated carbocycles. The Hall–Kier alpha value is -2.17. The van der Waals surface area contributed by atoms with Gasteiger partial charge < -0.3 is 9.80 Å². The first-order chi connectivity index (χ1) is 13.0. The number of carbonyl (C=O) groups is 3. The van der Waals surface area contributed by atoms with Gasteiger partial charge in [0.25, 0.3) is 0 Å². The Morgan fingerprint density at radius 1 is 0.889 bits per heavy atom. The summed E-state index contributed by atoms with van der Waals surface area (Å²) in [5.41, 5.74) is 2.94. The number of rotatable bonds is 5. The molecule has 146 valence electrons. The molecule has 0 bridgehead atoms. The molecule has 2 aliphatic heterocycles. The number of benzene rings is 1. The van der Waals surface area contributed by atoms with E-state index in [0.29, 0.717) is 18.7 Å². The fraction of sp³-hybridized carbons (Fsp3) is 0.591. The molecule has 3 rings (SSSR count). The Morgan fingerprint density at radius 2 is 1.56 bits per heavy atom. The van der Waals surface area contributed by atoms with E-state index in [1.165, 1.54) is 0 Å². The van der Waals surface area contributed by atoms with E-state index in [1.807, 2.05) is 41.8 Å². The van der Waals surface area contributed by atoms with E-state index in [9.17, 15) is 14.4 Å². The number of amides is 2. The zero-order valence-electron chi connectivity index (χ0n) is 16.5. The van der Waals surface area contributed by atoms with Crippen LogP contribution in [-0.2, 0) is 9.59 Å². The molecular weight excluding hydrogens is 340 g/mol. The number of carbonyl (C=O) groups excluding carboxylic acids is 3. The van der Waals surface area contributed by atoms with Gasteiger partial charge in [0.05, 0.1) is 0 Å². The molecule has 2 heterocycles. The van der Waals surface area contributed by atoms with Crippen LogP contribution >= 0.6 is 0 Å². The van der Waals surface area contributed by atoms with Gasteiger partial charge in [-0.05, 0) is 56.7 Å². The van der Waals surface area contributed by atoms with Crippen LogP contribution in [0.25, 0.3) is 0 Å². The highest BCUT2D eigenvalue weighted by Gasteiger charge is 2.31. The highest BCUT2D eigenvalue weighted by atomic mass is 16.2. The van der Waals surface area contributed by atoms with Crippen molar-refractivity contribution < 1.29 is 14.4 Å². The van der Waals surface area contributed by atoms with Crippen LogP contribution in [0.15, 0.2) is 18.2 Å². The van der Waals surface area contributed by atoms with Crippen molar-refractivity contribution >= 4 is 17.6 Å². The lowest BCUT2D eigenvalue weighted by molar-refractivity contribution is -0.140. The predicted molar refractivity (Wildman–Crippen MR) is 105 cm³/mol. The van der Waals surface area contributed by atoms with Gasteiger partial charge in [0, 0.05) is 50.5 Å². The Morgan fingerprint density at radius 3 is 2.19 bits per heavy atom. The minimum atomic E-state index is 0.0190. The van der Waals surface area contributed by atoms with Gasteiger partial charge in [0.15, 0.2) is 5.78 Å². The number of piperidine rings is 1. The zero-order valence-corrected chi connectivity index (χ0v) is 16.5. The molecule has 0 unspecified atom stereocenters. The summed E-state index contributed by atoms with van der Waals surface area (Å²) in [6.45, 7) is 7.04. The van der Waals surface area contributed by atoms with Gasteiger partial charge in [-0.25, -0.2) is 0 Å². The van der Waals surface area contributed by atoms with Crippen LogP contribution in [0.5, 0.6) is 0 Å². The van der Waals surface area contributed by atoms with Gasteiger partial charge in [-0.1, -0.05) is 12.1 Å². The number of Topliss-reactive ketones (excluding diaryl/α,β-unsaturated/α-hetero) is 1. The molecular formula is C22H30N2O3. The minimum Gasteiger partial charge on any atom is -0.343 e. The smallest absolute Gasteiger partial charge is 0.225 e. The summed E-state index contributed by atoms with van der Waals surface area (Å²) in [6.07, 6.45) is 4.19. The molecule has 27 heavy (non-hydrogen) atoms. The molecule has 0 radical (unpaired) electrons. The van der Waals surface area contributed by atoms with Crippen LogP contribution in [0.2, 0.25) is 0 Å². The van der Waals surface area contributed by atoms with Crippen LogP contribution in [0.3, 0.4) is 0 Å². The lowest BCUT2D eigenvalue weighted by atomic mass is 9.95. The van der Waals surface area contributed by atoms with Crippen LogP contribution < -0.4 is 0 Å². The SMILES string of the molecule is Cc1ccc(C(=O)CCC(=O)N2CCC(C(=O)N3CCCC3)CC2)cc1C. The van der Waals surface area contributed by atoms with Gasteiger partial charge in [0.2, 0.25) is 11.8 Å². The molecule has 0 atom stereocenters. The predicted octanol–water partition coefficient (Wildman–Crippen LogP) is 3.13. The van der Waals surface area contributed by atoms with Crippen LogP contribution in [-0.4, -0.2) is 53.6 Å². The Balaban J connectivity index is 1.44. The quantitative estimate of drug-likeness (QED) is 0.748. The maximum Gasteiger partial charge on any atom is 0.225 e. The molecule has 5 heteroatoms. The second-order valence-electron chi connectivity index (χ2n) is 7.91. The van der Waals surface area contributed by atoms with Gasteiger partial charge in [0.1, 0.15) is 0 Å². The zero-order chi connectivity index (χ0) is 19.4. The average molecular weight is 370 g/mol. The standard InChI is InChI=1S/C22H30N2O3/c1-16-5-6-19(15-17(16)2)20(25)7-8-21(26)23-13-9-18(10-14-23)22(27)24-11-3-4-12-24/h5-6,15,18H,3-4,7-14H2,1-2H3. The maximum atomic E-state index is 12.5. The van der Waals surface area contributed by atoms with E-state index in [-0.39, 0.29) is 36.4 Å². The van der Waals surface area contributed by atoms with E-state index in [4.69, 9.17) is 0 Å². The number of nitrogens with zero attached hydrogens (tertiary/aromatic N) is 2. The van der Waals surface area contributed by atoms with Crippen molar-refractivity contribution in [3.63, 3.8) is 0 Å². The summed E-state index contributed by atoms with van der Waals surface area (Å²) in [7, 11) is 0. The summed E-state index contributed by atoms with van der Waals surface area (Å²) in [6, 6.07) is 5.69. The van der Waals surface area contributed by atoms with Crippen molar-refractivity contribution in [3.8, 4) is 0 Å². The monoisotopic (exact) mass is 370 g/mol. The topological polar surface area (TPSA) is 57.7 Å². The molecule has 2 amide bonds. The second kappa shape index (κ2) is 8.68. The normalized spacial score (nSPS) is 18.0. The Bertz CT molecular complexity index is 714. The van der Waals surface area contributed by atoms with Crippen molar-refractivity contribution in [2.45, 2.75) is 52.4 Å². The van der Waals surface area contributed by atoms with Crippen molar-refractivity contribution in [3.05, 3.63) is 34.9 Å². The summed E-state index contributed by atoms with van der Waals surface area (Å²) in [5, 5.41) is 0. The van der Waals surface area contributed by atoms with E-state index in [1.54, 1.807) is 0 Å². The number of hydrogen-bond donors (Lipinski definition) is 0. The van der Waals surface area contributed by atoms with Gasteiger partial charge in [-0.3, -0.25) is 14.4 Å². The Kier molecular flexibility index (Phi) is 6.30. The molecule has 2 saturated heterocycles. The van der Waals surface area contributed by atoms with E-state index in [2.05, 4.69) is 0 Å². The molecule has 1 aromatic rings. The van der Waals surface area contributed by atoms with Crippen LogP contribution in [0, 0.1) is 19.8 Å². The maximum absolute atomic E-state index is 12.5. The van der Waals surface area contributed by atoms with Gasteiger partial charge in [-0.15, -0.1) is 0 Å². The number of hydrogen-bond acceptors (Lipinski definition) is 3. The summed E-state index contributed by atoms with van der Waals surface area (Å²) >= 11 is 0. The fourth-order valence-corrected chi connectivity index (χ4v) is 4.01. The van der Waals surface area contributed by atoms with E-state index in [0.717, 1.165) is 49.9 Å². The summed E-state index contributed by atoms with van der Waals surface area (Å²) in [5.74, 6) is 0.374. The van der Waals surface area contributed by atoms with Crippen molar-refractivity contribution in [2.24, 2.45) is 5.92 Å². The highest BCUT2D eigenvalue weighted by Crippen LogP contribution is 2.23. The van der Waals surface area contributed by atoms with E-state index < -0.39 is 0 Å². The number of aryl methyl sites for hydroxylation is 2. The number of ketones is 1. The molecule has 0 spiro atoms. The molecule has 0 aromatic heterocycles.